The number of halogens is 1. The van der Waals surface area contributed by atoms with Gasteiger partial charge in [0.2, 0.25) is 6.33 Å². The molecule has 0 atom stereocenters. The molecule has 0 bridgehead atoms. The van der Waals surface area contributed by atoms with Crippen molar-refractivity contribution in [2.45, 2.75) is 0 Å². The van der Waals surface area contributed by atoms with Crippen LogP contribution in [0.5, 0.6) is 0 Å². The number of benzene rings is 2. The number of para-hydroxylation sites is 2. The number of hydrogen-bond acceptors (Lipinski definition) is 0. The summed E-state index contributed by atoms with van der Waals surface area (Å²) in [4.78, 5) is 0. The van der Waals surface area contributed by atoms with Gasteiger partial charge in [-0.1, -0.05) is 28.1 Å². The molecule has 0 fully saturated rings. The Morgan fingerprint density at radius 3 is 2.47 bits per heavy atom. The van der Waals surface area contributed by atoms with Crippen molar-refractivity contribution in [1.29, 1.82) is 0 Å². The van der Waals surface area contributed by atoms with Crippen molar-refractivity contribution in [2.24, 2.45) is 7.05 Å². The second-order valence-corrected chi connectivity index (χ2v) is 4.98. The first-order chi connectivity index (χ1) is 8.25. The zero-order valence-corrected chi connectivity index (χ0v) is 11.1. The highest BCUT2D eigenvalue weighted by molar-refractivity contribution is 9.10. The Morgan fingerprint density at radius 1 is 1.00 bits per heavy atom. The molecule has 0 amide bonds. The summed E-state index contributed by atoms with van der Waals surface area (Å²) in [6, 6.07) is 16.7. The Bertz CT molecular complexity index is 668. The molecule has 1 aromatic heterocycles. The molecule has 0 aliphatic rings. The molecule has 0 aliphatic carbocycles. The summed E-state index contributed by atoms with van der Waals surface area (Å²) in [6.45, 7) is 0. The van der Waals surface area contributed by atoms with Crippen LogP contribution in [0.25, 0.3) is 16.7 Å². The highest BCUT2D eigenvalue weighted by Gasteiger charge is 2.13. The quantitative estimate of drug-likeness (QED) is 0.608. The molecule has 3 aromatic rings. The van der Waals surface area contributed by atoms with E-state index in [1.807, 2.05) is 0 Å². The first kappa shape index (κ1) is 10.5. The summed E-state index contributed by atoms with van der Waals surface area (Å²) >= 11 is 3.46. The van der Waals surface area contributed by atoms with Gasteiger partial charge >= 0.3 is 0 Å². The molecule has 17 heavy (non-hydrogen) atoms. The fourth-order valence-corrected chi connectivity index (χ4v) is 2.34. The SMILES string of the molecule is C[n+]1cn(-c2ccc(Br)cc2)c2ccccc21. The topological polar surface area (TPSA) is 8.81 Å². The molecule has 0 aliphatic heterocycles. The lowest BCUT2D eigenvalue weighted by Crippen LogP contribution is -2.25. The van der Waals surface area contributed by atoms with E-state index in [4.69, 9.17) is 0 Å². The van der Waals surface area contributed by atoms with Gasteiger partial charge < -0.3 is 0 Å². The summed E-state index contributed by atoms with van der Waals surface area (Å²) in [5.74, 6) is 0. The molecule has 3 heteroatoms. The van der Waals surface area contributed by atoms with Crippen LogP contribution in [-0.2, 0) is 7.05 Å². The Morgan fingerprint density at radius 2 is 1.71 bits per heavy atom. The van der Waals surface area contributed by atoms with Gasteiger partial charge in [-0.3, -0.25) is 0 Å². The van der Waals surface area contributed by atoms with Gasteiger partial charge in [0.1, 0.15) is 5.69 Å². The molecule has 0 N–H and O–H groups in total. The summed E-state index contributed by atoms with van der Waals surface area (Å²) in [6.07, 6.45) is 2.11. The number of hydrogen-bond donors (Lipinski definition) is 0. The zero-order chi connectivity index (χ0) is 11.8. The van der Waals surface area contributed by atoms with Gasteiger partial charge in [-0.2, -0.15) is 4.57 Å². The third-order valence-electron chi connectivity index (χ3n) is 2.91. The van der Waals surface area contributed by atoms with Gasteiger partial charge in [0, 0.05) is 4.47 Å². The second-order valence-electron chi connectivity index (χ2n) is 4.06. The molecule has 2 aromatic carbocycles. The molecular weight excluding hydrogens is 276 g/mol. The molecule has 0 saturated heterocycles. The number of imidazole rings is 1. The van der Waals surface area contributed by atoms with Crippen LogP contribution in [0.15, 0.2) is 59.3 Å². The van der Waals surface area contributed by atoms with Crippen molar-refractivity contribution in [3.8, 4) is 5.69 Å². The van der Waals surface area contributed by atoms with E-state index in [1.54, 1.807) is 0 Å². The largest absolute Gasteiger partial charge is 0.249 e. The standard InChI is InChI=1S/C14H12BrN2/c1-16-10-17(12-8-6-11(15)7-9-12)14-5-3-2-4-13(14)16/h2-10H,1H3/q+1. The molecule has 3 rings (SSSR count). The number of aromatic nitrogens is 2. The van der Waals surface area contributed by atoms with Gasteiger partial charge in [-0.15, -0.1) is 0 Å². The van der Waals surface area contributed by atoms with E-state index >= 15 is 0 Å². The summed E-state index contributed by atoms with van der Waals surface area (Å²) in [7, 11) is 2.07. The van der Waals surface area contributed by atoms with Crippen molar-refractivity contribution in [2.75, 3.05) is 0 Å². The predicted octanol–water partition coefficient (Wildman–Crippen LogP) is 3.22. The van der Waals surface area contributed by atoms with Gasteiger partial charge in [0.15, 0.2) is 11.0 Å². The maximum atomic E-state index is 3.46. The maximum absolute atomic E-state index is 3.46. The van der Waals surface area contributed by atoms with E-state index in [2.05, 4.69) is 87.0 Å². The Kier molecular flexibility index (Phi) is 2.48. The van der Waals surface area contributed by atoms with Crippen molar-refractivity contribution in [1.82, 2.24) is 4.57 Å². The molecule has 1 heterocycles. The first-order valence-electron chi connectivity index (χ1n) is 5.47. The minimum Gasteiger partial charge on any atom is -0.232 e. The number of fused-ring (bicyclic) bond motifs is 1. The van der Waals surface area contributed by atoms with Crippen LogP contribution < -0.4 is 4.57 Å². The minimum atomic E-state index is 1.10. The van der Waals surface area contributed by atoms with E-state index in [0.717, 1.165) is 4.47 Å². The van der Waals surface area contributed by atoms with Crippen LogP contribution in [0.2, 0.25) is 0 Å². The van der Waals surface area contributed by atoms with Crippen molar-refractivity contribution in [3.63, 3.8) is 0 Å². The van der Waals surface area contributed by atoms with E-state index < -0.39 is 0 Å². The Balaban J connectivity index is 2.27. The van der Waals surface area contributed by atoms with Crippen LogP contribution >= 0.6 is 15.9 Å². The van der Waals surface area contributed by atoms with Crippen LogP contribution in [0.1, 0.15) is 0 Å². The van der Waals surface area contributed by atoms with Gasteiger partial charge in [0.25, 0.3) is 0 Å². The molecule has 84 valence electrons. The average molecular weight is 288 g/mol. The van der Waals surface area contributed by atoms with Crippen molar-refractivity contribution < 1.29 is 4.57 Å². The number of aryl methyl sites for hydroxylation is 1. The molecule has 0 saturated carbocycles. The highest BCUT2D eigenvalue weighted by Crippen LogP contribution is 2.18. The summed E-state index contributed by atoms with van der Waals surface area (Å²) in [5.41, 5.74) is 3.62. The van der Waals surface area contributed by atoms with E-state index in [1.165, 1.54) is 16.7 Å². The lowest BCUT2D eigenvalue weighted by molar-refractivity contribution is -0.645. The van der Waals surface area contributed by atoms with Gasteiger partial charge in [0.05, 0.1) is 7.05 Å². The van der Waals surface area contributed by atoms with Gasteiger partial charge in [-0.25, -0.2) is 4.57 Å². The van der Waals surface area contributed by atoms with Crippen LogP contribution in [0, 0.1) is 0 Å². The van der Waals surface area contributed by atoms with Crippen LogP contribution in [0.4, 0.5) is 0 Å². The minimum absolute atomic E-state index is 1.10. The normalized spacial score (nSPS) is 10.9. The molecule has 0 radical (unpaired) electrons. The third kappa shape index (κ3) is 1.76. The van der Waals surface area contributed by atoms with Crippen molar-refractivity contribution in [3.05, 3.63) is 59.3 Å². The number of nitrogens with zero attached hydrogens (tertiary/aromatic N) is 2. The van der Waals surface area contributed by atoms with E-state index in [0.29, 0.717) is 0 Å². The predicted molar refractivity (Wildman–Crippen MR) is 72.2 cm³/mol. The molecule has 2 nitrogen and oxygen atoms in total. The average Bonchev–Trinajstić information content (AvgIpc) is 2.69. The van der Waals surface area contributed by atoms with E-state index in [9.17, 15) is 0 Å². The van der Waals surface area contributed by atoms with Gasteiger partial charge in [-0.05, 0) is 36.4 Å². The smallest absolute Gasteiger partial charge is 0.232 e. The summed E-state index contributed by atoms with van der Waals surface area (Å²) < 4.78 is 5.43. The molecule has 0 unspecified atom stereocenters. The lowest BCUT2D eigenvalue weighted by atomic mass is 10.3. The summed E-state index contributed by atoms with van der Waals surface area (Å²) in [5, 5.41) is 0. The van der Waals surface area contributed by atoms with E-state index in [-0.39, 0.29) is 0 Å². The zero-order valence-electron chi connectivity index (χ0n) is 9.47. The first-order valence-corrected chi connectivity index (χ1v) is 6.27. The Hall–Kier alpha value is -1.61. The third-order valence-corrected chi connectivity index (χ3v) is 3.44. The molecule has 0 spiro atoms. The monoisotopic (exact) mass is 287 g/mol. The Labute approximate surface area is 108 Å². The fourth-order valence-electron chi connectivity index (χ4n) is 2.07. The van der Waals surface area contributed by atoms with Crippen molar-refractivity contribution >= 4 is 27.0 Å². The van der Waals surface area contributed by atoms with Crippen LogP contribution in [-0.4, -0.2) is 4.57 Å². The van der Waals surface area contributed by atoms with Crippen LogP contribution in [0.3, 0.4) is 0 Å². The fraction of sp³-hybridized carbons (Fsp3) is 0.0714. The maximum Gasteiger partial charge on any atom is 0.249 e. The number of rotatable bonds is 1. The molecular formula is C14H12BrN2+. The lowest BCUT2D eigenvalue weighted by Gasteiger charge is -1.96. The highest BCUT2D eigenvalue weighted by atomic mass is 79.9. The second kappa shape index (κ2) is 4.00.